The van der Waals surface area contributed by atoms with E-state index in [9.17, 15) is 4.79 Å². The third-order valence-corrected chi connectivity index (χ3v) is 5.32. The summed E-state index contributed by atoms with van der Waals surface area (Å²) in [7, 11) is -0.578. The van der Waals surface area contributed by atoms with Crippen LogP contribution in [0.5, 0.6) is 0 Å². The Balaban J connectivity index is 2.27. The molecule has 0 spiro atoms. The van der Waals surface area contributed by atoms with Crippen LogP contribution in [-0.4, -0.2) is 29.4 Å². The molecule has 0 bridgehead atoms. The van der Waals surface area contributed by atoms with Gasteiger partial charge in [0.05, 0.1) is 22.0 Å². The van der Waals surface area contributed by atoms with Gasteiger partial charge < -0.3 is 14.4 Å². The highest BCUT2D eigenvalue weighted by Gasteiger charge is 2.54. The van der Waals surface area contributed by atoms with E-state index in [2.05, 4.69) is 0 Å². The minimum absolute atomic E-state index is 0.0479. The second kappa shape index (κ2) is 5.33. The van der Waals surface area contributed by atoms with Gasteiger partial charge in [-0.3, -0.25) is 4.79 Å². The number of carbonyl (C=O) groups is 1. The van der Waals surface area contributed by atoms with Crippen LogP contribution in [0, 0.1) is 0 Å². The molecule has 1 aliphatic rings. The lowest BCUT2D eigenvalue weighted by Crippen LogP contribution is -2.41. The van der Waals surface area contributed by atoms with Crippen LogP contribution in [0.2, 0.25) is 4.34 Å². The normalized spacial score (nSPS) is 21.9. The van der Waals surface area contributed by atoms with Crippen molar-refractivity contribution in [2.45, 2.75) is 51.1 Å². The van der Waals surface area contributed by atoms with Crippen LogP contribution in [-0.2, 0) is 14.1 Å². The summed E-state index contributed by atoms with van der Waals surface area (Å²) in [6, 6.07) is 3.60. The Kier molecular flexibility index (Phi) is 4.22. The summed E-state index contributed by atoms with van der Waals surface area (Å²) in [6.45, 7) is 7.80. The molecule has 1 unspecified atom stereocenters. The number of halogens is 1. The van der Waals surface area contributed by atoms with E-state index in [0.717, 1.165) is 4.88 Å². The summed E-state index contributed by atoms with van der Waals surface area (Å²) in [6.07, 6.45) is -0.0479. The van der Waals surface area contributed by atoms with Crippen molar-refractivity contribution in [3.63, 3.8) is 0 Å². The molecule has 0 radical (unpaired) electrons. The molecule has 0 aromatic carbocycles. The summed E-state index contributed by atoms with van der Waals surface area (Å²) in [5.74, 6) is -1.24. The lowest BCUT2D eigenvalue weighted by atomic mass is 9.69. The van der Waals surface area contributed by atoms with E-state index in [0.29, 0.717) is 4.34 Å². The van der Waals surface area contributed by atoms with Crippen LogP contribution in [0.4, 0.5) is 0 Å². The molecule has 2 heterocycles. The molecule has 2 rings (SSSR count). The van der Waals surface area contributed by atoms with Crippen molar-refractivity contribution in [1.29, 1.82) is 0 Å². The summed E-state index contributed by atoms with van der Waals surface area (Å²) in [5.41, 5.74) is -0.953. The van der Waals surface area contributed by atoms with Gasteiger partial charge in [0.1, 0.15) is 0 Å². The van der Waals surface area contributed by atoms with Gasteiger partial charge in [-0.15, -0.1) is 11.3 Å². The molecule has 1 aromatic rings. The Morgan fingerprint density at radius 1 is 1.35 bits per heavy atom. The van der Waals surface area contributed by atoms with Crippen LogP contribution < -0.4 is 0 Å². The van der Waals surface area contributed by atoms with Crippen LogP contribution >= 0.6 is 22.9 Å². The van der Waals surface area contributed by atoms with E-state index < -0.39 is 24.3 Å². The van der Waals surface area contributed by atoms with Crippen molar-refractivity contribution >= 4 is 36.0 Å². The van der Waals surface area contributed by atoms with Crippen molar-refractivity contribution in [3.8, 4) is 0 Å². The second-order valence-electron chi connectivity index (χ2n) is 5.97. The highest BCUT2D eigenvalue weighted by Crippen LogP contribution is 2.43. The van der Waals surface area contributed by atoms with Crippen molar-refractivity contribution in [2.24, 2.45) is 0 Å². The Hall–Kier alpha value is -0.555. The Bertz CT molecular complexity index is 498. The van der Waals surface area contributed by atoms with Crippen LogP contribution in [0.1, 0.15) is 44.8 Å². The smallest absolute Gasteiger partial charge is 0.467 e. The molecule has 110 valence electrons. The molecule has 1 atom stereocenters. The zero-order chi connectivity index (χ0) is 15.1. The number of thiophene rings is 1. The van der Waals surface area contributed by atoms with Gasteiger partial charge in [-0.2, -0.15) is 0 Å². The molecule has 1 aromatic heterocycles. The predicted molar refractivity (Wildman–Crippen MR) is 80.4 cm³/mol. The van der Waals surface area contributed by atoms with Gasteiger partial charge >= 0.3 is 13.1 Å². The molecular weight excluding hydrogens is 298 g/mol. The van der Waals surface area contributed by atoms with E-state index in [4.69, 9.17) is 26.0 Å². The first-order valence-electron chi connectivity index (χ1n) is 6.45. The third kappa shape index (κ3) is 3.03. The fraction of sp³-hybridized carbons (Fsp3) is 0.615. The maximum absolute atomic E-state index is 11.1. The van der Waals surface area contributed by atoms with Crippen molar-refractivity contribution in [3.05, 3.63) is 21.3 Å². The zero-order valence-electron chi connectivity index (χ0n) is 12.0. The maximum atomic E-state index is 11.1. The van der Waals surface area contributed by atoms with Crippen LogP contribution in [0.3, 0.4) is 0 Å². The largest absolute Gasteiger partial charge is 0.481 e. The average molecular weight is 317 g/mol. The minimum Gasteiger partial charge on any atom is -0.481 e. The molecule has 0 aliphatic carbocycles. The van der Waals surface area contributed by atoms with Crippen molar-refractivity contribution in [1.82, 2.24) is 0 Å². The van der Waals surface area contributed by atoms with E-state index in [-0.39, 0.29) is 12.2 Å². The monoisotopic (exact) mass is 316 g/mol. The SMILES string of the molecule is CC1(C)OB(C(CC(=O)O)c2ccc(Cl)s2)OC1(C)C. The van der Waals surface area contributed by atoms with Crippen molar-refractivity contribution < 1.29 is 19.2 Å². The first-order chi connectivity index (χ1) is 9.12. The molecule has 4 nitrogen and oxygen atoms in total. The van der Waals surface area contributed by atoms with Gasteiger partial charge in [-0.05, 0) is 39.8 Å². The fourth-order valence-corrected chi connectivity index (χ4v) is 3.27. The molecule has 1 aliphatic heterocycles. The molecule has 1 saturated heterocycles. The standard InChI is InChI=1S/C13H18BClO4S/c1-12(2)13(3,4)19-14(18-12)8(7-11(16)17)9-5-6-10(15)20-9/h5-6,8H,7H2,1-4H3,(H,16,17). The lowest BCUT2D eigenvalue weighted by Gasteiger charge is -2.32. The molecule has 20 heavy (non-hydrogen) atoms. The number of hydrogen-bond acceptors (Lipinski definition) is 4. The minimum atomic E-state index is -0.880. The molecule has 0 amide bonds. The predicted octanol–water partition coefficient (Wildman–Crippen LogP) is 3.59. The zero-order valence-corrected chi connectivity index (χ0v) is 13.5. The van der Waals surface area contributed by atoms with Gasteiger partial charge in [-0.1, -0.05) is 11.6 Å². The summed E-state index contributed by atoms with van der Waals surface area (Å²) < 4.78 is 12.6. The first kappa shape index (κ1) is 15.8. The summed E-state index contributed by atoms with van der Waals surface area (Å²) in [4.78, 5) is 12.0. The number of carboxylic acid groups (broad SMARTS) is 1. The second-order valence-corrected chi connectivity index (χ2v) is 7.72. The van der Waals surface area contributed by atoms with E-state index in [1.165, 1.54) is 11.3 Å². The van der Waals surface area contributed by atoms with Gasteiger partial charge in [0.15, 0.2) is 0 Å². The number of aliphatic carboxylic acids is 1. The van der Waals surface area contributed by atoms with E-state index in [1.807, 2.05) is 33.8 Å². The molecule has 7 heteroatoms. The maximum Gasteiger partial charge on any atom is 0.467 e. The topological polar surface area (TPSA) is 55.8 Å². The molecular formula is C13H18BClO4S. The Morgan fingerprint density at radius 3 is 2.30 bits per heavy atom. The van der Waals surface area contributed by atoms with Gasteiger partial charge in [0.25, 0.3) is 0 Å². The Morgan fingerprint density at radius 2 is 1.90 bits per heavy atom. The van der Waals surface area contributed by atoms with E-state index in [1.54, 1.807) is 6.07 Å². The number of carboxylic acids is 1. The van der Waals surface area contributed by atoms with Gasteiger partial charge in [0.2, 0.25) is 0 Å². The third-order valence-electron chi connectivity index (χ3n) is 3.95. The first-order valence-corrected chi connectivity index (χ1v) is 7.64. The lowest BCUT2D eigenvalue weighted by molar-refractivity contribution is -0.137. The summed E-state index contributed by atoms with van der Waals surface area (Å²) in [5, 5.41) is 9.13. The average Bonchev–Trinajstić information content (AvgIpc) is 2.78. The van der Waals surface area contributed by atoms with Crippen LogP contribution in [0.25, 0.3) is 0 Å². The summed E-state index contributed by atoms with van der Waals surface area (Å²) >= 11 is 7.32. The highest BCUT2D eigenvalue weighted by atomic mass is 35.5. The highest BCUT2D eigenvalue weighted by molar-refractivity contribution is 7.16. The molecule has 1 N–H and O–H groups in total. The Labute approximate surface area is 128 Å². The van der Waals surface area contributed by atoms with Crippen LogP contribution in [0.15, 0.2) is 12.1 Å². The fourth-order valence-electron chi connectivity index (χ4n) is 2.10. The quantitative estimate of drug-likeness (QED) is 0.862. The van der Waals surface area contributed by atoms with E-state index >= 15 is 0 Å². The van der Waals surface area contributed by atoms with Crippen molar-refractivity contribution in [2.75, 3.05) is 0 Å². The molecule has 1 fully saturated rings. The number of rotatable bonds is 4. The van der Waals surface area contributed by atoms with Gasteiger partial charge in [-0.25, -0.2) is 0 Å². The molecule has 0 saturated carbocycles. The number of hydrogen-bond donors (Lipinski definition) is 1. The van der Waals surface area contributed by atoms with Gasteiger partial charge in [0, 0.05) is 10.7 Å².